The van der Waals surface area contributed by atoms with Gasteiger partial charge in [0.1, 0.15) is 0 Å². The summed E-state index contributed by atoms with van der Waals surface area (Å²) in [6.45, 7) is 9.34. The first-order chi connectivity index (χ1) is 9.26. The van der Waals surface area contributed by atoms with E-state index in [1.165, 1.54) is 26.2 Å². The van der Waals surface area contributed by atoms with Crippen molar-refractivity contribution >= 4 is 6.21 Å². The molecular weight excluding hydrogens is 236 g/mol. The number of allylic oxidation sites excluding steroid dienone is 3. The van der Waals surface area contributed by atoms with E-state index in [0.717, 1.165) is 25.1 Å². The second-order valence-electron chi connectivity index (χ2n) is 5.01. The van der Waals surface area contributed by atoms with Crippen LogP contribution in [0.5, 0.6) is 0 Å². The number of aliphatic imine (C=N–C) groups is 1. The average molecular weight is 264 g/mol. The normalized spacial score (nSPS) is 19.8. The van der Waals surface area contributed by atoms with Crippen molar-refractivity contribution in [3.05, 3.63) is 23.8 Å². The van der Waals surface area contributed by atoms with Crippen LogP contribution in [0, 0.1) is 0 Å². The van der Waals surface area contributed by atoms with E-state index in [-0.39, 0.29) is 0 Å². The first-order valence-corrected chi connectivity index (χ1v) is 7.19. The predicted molar refractivity (Wildman–Crippen MR) is 83.9 cm³/mol. The molecule has 1 fully saturated rings. The minimum Gasteiger partial charge on any atom is -0.326 e. The molecule has 0 aromatic heterocycles. The maximum absolute atomic E-state index is 5.65. The summed E-state index contributed by atoms with van der Waals surface area (Å²) in [6.07, 6.45) is 9.05. The Morgan fingerprint density at radius 1 is 1.26 bits per heavy atom. The zero-order valence-electron chi connectivity index (χ0n) is 12.4. The second kappa shape index (κ2) is 9.89. The molecule has 0 bridgehead atoms. The lowest BCUT2D eigenvalue weighted by molar-refractivity contribution is 0.153. The van der Waals surface area contributed by atoms with Crippen LogP contribution in [0.4, 0.5) is 0 Å². The quantitative estimate of drug-likeness (QED) is 0.426. The van der Waals surface area contributed by atoms with Crippen molar-refractivity contribution in [3.63, 3.8) is 0 Å². The van der Waals surface area contributed by atoms with Crippen molar-refractivity contribution in [2.24, 2.45) is 10.7 Å². The van der Waals surface area contributed by atoms with Crippen molar-refractivity contribution < 1.29 is 0 Å². The van der Waals surface area contributed by atoms with Crippen LogP contribution < -0.4 is 5.73 Å². The molecule has 0 aromatic rings. The molecule has 0 spiro atoms. The zero-order chi connectivity index (χ0) is 13.9. The van der Waals surface area contributed by atoms with Crippen LogP contribution in [-0.4, -0.2) is 68.9 Å². The number of rotatable bonds is 7. The topological polar surface area (TPSA) is 44.9 Å². The van der Waals surface area contributed by atoms with E-state index >= 15 is 0 Å². The molecule has 0 aromatic carbocycles. The van der Waals surface area contributed by atoms with Gasteiger partial charge in [-0.25, -0.2) is 0 Å². The van der Waals surface area contributed by atoms with Gasteiger partial charge in [-0.1, -0.05) is 18.2 Å². The highest BCUT2D eigenvalue weighted by Gasteiger charge is 2.12. The predicted octanol–water partition coefficient (Wildman–Crippen LogP) is 1.16. The van der Waals surface area contributed by atoms with Crippen LogP contribution in [0.25, 0.3) is 0 Å². The van der Waals surface area contributed by atoms with Crippen molar-refractivity contribution in [1.82, 2.24) is 9.80 Å². The maximum atomic E-state index is 5.65. The van der Waals surface area contributed by atoms with Crippen LogP contribution in [0.15, 0.2) is 28.8 Å². The van der Waals surface area contributed by atoms with Crippen molar-refractivity contribution in [3.8, 4) is 0 Å². The Bertz CT molecular complexity index is 312. The number of nitrogens with two attached hydrogens (primary N) is 1. The largest absolute Gasteiger partial charge is 0.326 e. The Morgan fingerprint density at radius 2 is 2.00 bits per heavy atom. The van der Waals surface area contributed by atoms with E-state index in [9.17, 15) is 0 Å². The van der Waals surface area contributed by atoms with E-state index < -0.39 is 0 Å². The van der Waals surface area contributed by atoms with E-state index in [1.807, 2.05) is 31.4 Å². The Kier molecular flexibility index (Phi) is 8.38. The summed E-state index contributed by atoms with van der Waals surface area (Å²) in [5.41, 5.74) is 6.73. The van der Waals surface area contributed by atoms with Crippen molar-refractivity contribution in [2.45, 2.75) is 13.3 Å². The summed E-state index contributed by atoms with van der Waals surface area (Å²) < 4.78 is 0. The maximum Gasteiger partial charge on any atom is 0.0401 e. The van der Waals surface area contributed by atoms with Gasteiger partial charge in [0.15, 0.2) is 0 Å². The lowest BCUT2D eigenvalue weighted by atomic mass is 10.2. The lowest BCUT2D eigenvalue weighted by Crippen LogP contribution is -2.44. The highest BCUT2D eigenvalue weighted by Crippen LogP contribution is 2.00. The average Bonchev–Trinajstić information content (AvgIpc) is 2.44. The summed E-state index contributed by atoms with van der Waals surface area (Å²) in [7, 11) is 2.19. The van der Waals surface area contributed by atoms with Gasteiger partial charge in [0, 0.05) is 45.5 Å². The van der Waals surface area contributed by atoms with Gasteiger partial charge in [-0.15, -0.1) is 0 Å². The monoisotopic (exact) mass is 264 g/mol. The summed E-state index contributed by atoms with van der Waals surface area (Å²) in [5, 5.41) is 0. The highest BCUT2D eigenvalue weighted by atomic mass is 15.2. The van der Waals surface area contributed by atoms with Crippen LogP contribution >= 0.6 is 0 Å². The van der Waals surface area contributed by atoms with Gasteiger partial charge in [-0.05, 0) is 32.5 Å². The first kappa shape index (κ1) is 16.1. The van der Waals surface area contributed by atoms with Crippen LogP contribution in [0.1, 0.15) is 13.3 Å². The van der Waals surface area contributed by atoms with Gasteiger partial charge in [0.25, 0.3) is 0 Å². The molecular formula is C15H28N4. The number of nitrogens with zero attached hydrogens (tertiary/aromatic N) is 3. The molecule has 1 rings (SSSR count). The van der Waals surface area contributed by atoms with Crippen LogP contribution in [-0.2, 0) is 0 Å². The van der Waals surface area contributed by atoms with E-state index in [4.69, 9.17) is 5.73 Å². The molecule has 0 amide bonds. The molecule has 1 heterocycles. The summed E-state index contributed by atoms with van der Waals surface area (Å²) >= 11 is 0. The molecule has 0 radical (unpaired) electrons. The molecule has 19 heavy (non-hydrogen) atoms. The summed E-state index contributed by atoms with van der Waals surface area (Å²) in [5.74, 6) is 0. The zero-order valence-corrected chi connectivity index (χ0v) is 12.4. The highest BCUT2D eigenvalue weighted by molar-refractivity contribution is 5.79. The molecule has 4 nitrogen and oxygen atoms in total. The lowest BCUT2D eigenvalue weighted by Gasteiger charge is -2.32. The van der Waals surface area contributed by atoms with Gasteiger partial charge < -0.3 is 15.5 Å². The summed E-state index contributed by atoms with van der Waals surface area (Å²) in [6, 6.07) is 0. The Balaban J connectivity index is 2.15. The van der Waals surface area contributed by atoms with Gasteiger partial charge in [-0.2, -0.15) is 0 Å². The smallest absolute Gasteiger partial charge is 0.0401 e. The molecule has 0 atom stereocenters. The molecule has 108 valence electrons. The minimum atomic E-state index is 0.548. The molecule has 1 aliphatic rings. The molecule has 2 N–H and O–H groups in total. The number of likely N-dealkylation sites (N-methyl/N-ethyl adjacent to an activating group) is 1. The van der Waals surface area contributed by atoms with Gasteiger partial charge in [0.05, 0.1) is 0 Å². The molecule has 0 unspecified atom stereocenters. The Morgan fingerprint density at radius 3 is 2.63 bits per heavy atom. The first-order valence-electron chi connectivity index (χ1n) is 7.19. The summed E-state index contributed by atoms with van der Waals surface area (Å²) in [4.78, 5) is 9.36. The molecule has 1 saturated heterocycles. The van der Waals surface area contributed by atoms with E-state index in [0.29, 0.717) is 6.54 Å². The van der Waals surface area contributed by atoms with Gasteiger partial charge in [-0.3, -0.25) is 4.99 Å². The third-order valence-corrected chi connectivity index (χ3v) is 3.35. The van der Waals surface area contributed by atoms with Crippen LogP contribution in [0.3, 0.4) is 0 Å². The van der Waals surface area contributed by atoms with Crippen molar-refractivity contribution in [1.29, 1.82) is 0 Å². The van der Waals surface area contributed by atoms with Crippen molar-refractivity contribution in [2.75, 3.05) is 52.9 Å². The molecule has 0 saturated carbocycles. The Labute approximate surface area is 117 Å². The van der Waals surface area contributed by atoms with Crippen LogP contribution in [0.2, 0.25) is 0 Å². The second-order valence-corrected chi connectivity index (χ2v) is 5.01. The molecule has 1 aliphatic heterocycles. The fourth-order valence-electron chi connectivity index (χ4n) is 2.02. The molecule has 4 heteroatoms. The third kappa shape index (κ3) is 7.25. The minimum absolute atomic E-state index is 0.548. The number of hydrogen-bond donors (Lipinski definition) is 1. The fourth-order valence-corrected chi connectivity index (χ4v) is 2.02. The third-order valence-electron chi connectivity index (χ3n) is 3.35. The van der Waals surface area contributed by atoms with Gasteiger partial charge in [0.2, 0.25) is 0 Å². The fraction of sp³-hybridized carbons (Fsp3) is 0.667. The van der Waals surface area contributed by atoms with E-state index in [1.54, 1.807) is 0 Å². The molecule has 0 aliphatic carbocycles. The number of hydrogen-bond acceptors (Lipinski definition) is 4. The Hall–Kier alpha value is -0.970. The SMILES string of the molecule is C/C=C/C=C(\C=NCCCN1CCN(C)CC1)CN. The number of piperazine rings is 1. The standard InChI is InChI=1S/C15H28N4/c1-3-4-6-15(13-16)14-17-7-5-8-19-11-9-18(2)10-12-19/h3-4,6,14H,5,7-13,16H2,1-2H3/b4-3+,15-6-,17-14?. The van der Waals surface area contributed by atoms with Gasteiger partial charge >= 0.3 is 0 Å². The van der Waals surface area contributed by atoms with E-state index in [2.05, 4.69) is 21.8 Å².